The molecule has 4 nitrogen and oxygen atoms in total. The Morgan fingerprint density at radius 1 is 1.17 bits per heavy atom. The molecular weight excluding hydrogens is 342 g/mol. The molecule has 0 N–H and O–H groups in total. The first-order valence-electron chi connectivity index (χ1n) is 7.48. The maximum Gasteiger partial charge on any atom is 0.196 e. The first-order chi connectivity index (χ1) is 11.6. The Labute approximate surface area is 149 Å². The van der Waals surface area contributed by atoms with E-state index in [1.165, 1.54) is 11.8 Å². The quantitative estimate of drug-likeness (QED) is 0.495. The zero-order valence-corrected chi connectivity index (χ0v) is 14.9. The van der Waals surface area contributed by atoms with Gasteiger partial charge in [0.05, 0.1) is 10.9 Å². The highest BCUT2D eigenvalue weighted by Crippen LogP contribution is 2.27. The van der Waals surface area contributed by atoms with Crippen molar-refractivity contribution in [1.82, 2.24) is 14.8 Å². The molecule has 0 aliphatic carbocycles. The van der Waals surface area contributed by atoms with Crippen molar-refractivity contribution >= 4 is 29.1 Å². The Bertz CT molecular complexity index is 861. The summed E-state index contributed by atoms with van der Waals surface area (Å²) in [6.45, 7) is 3.91. The summed E-state index contributed by atoms with van der Waals surface area (Å²) in [7, 11) is 0. The number of aryl methyl sites for hydroxylation is 1. The molecule has 1 atom stereocenters. The van der Waals surface area contributed by atoms with Gasteiger partial charge in [-0.2, -0.15) is 0 Å². The number of para-hydroxylation sites is 1. The molecule has 0 saturated carbocycles. The van der Waals surface area contributed by atoms with Crippen molar-refractivity contribution in [3.8, 4) is 5.69 Å². The Kier molecular flexibility index (Phi) is 5.02. The van der Waals surface area contributed by atoms with Crippen LogP contribution in [0.25, 0.3) is 5.69 Å². The number of carbonyl (C=O) groups is 1. The van der Waals surface area contributed by atoms with E-state index < -0.39 is 0 Å². The van der Waals surface area contributed by atoms with Crippen LogP contribution in [0.15, 0.2) is 60.0 Å². The molecule has 6 heteroatoms. The largest absolute Gasteiger partial charge is 0.293 e. The summed E-state index contributed by atoms with van der Waals surface area (Å²) in [5.74, 6) is 0.0380. The third-order valence-corrected chi connectivity index (χ3v) is 4.98. The van der Waals surface area contributed by atoms with Gasteiger partial charge < -0.3 is 0 Å². The monoisotopic (exact) mass is 357 g/mol. The van der Waals surface area contributed by atoms with Crippen molar-refractivity contribution in [3.63, 3.8) is 0 Å². The number of Topliss-reactive ketones (excluding diaryl/α,β-unsaturated/α-hetero) is 1. The molecule has 0 unspecified atom stereocenters. The maximum atomic E-state index is 12.6. The van der Waals surface area contributed by atoms with E-state index in [0.29, 0.717) is 15.7 Å². The van der Waals surface area contributed by atoms with Gasteiger partial charge in [-0.3, -0.25) is 9.36 Å². The summed E-state index contributed by atoms with van der Waals surface area (Å²) < 4.78 is 1.91. The standard InChI is InChI=1S/C18H16ClN3OS/c1-12-5-3-4-6-16(12)22-11-20-21-18(22)24-13(2)17(23)14-7-9-15(19)10-8-14/h3-11,13H,1-2H3/t13-/m0/s1. The molecule has 0 amide bonds. The third-order valence-electron chi connectivity index (χ3n) is 3.67. The molecule has 2 aromatic carbocycles. The minimum atomic E-state index is -0.279. The molecule has 3 rings (SSSR count). The molecule has 0 radical (unpaired) electrons. The smallest absolute Gasteiger partial charge is 0.196 e. The number of rotatable bonds is 5. The van der Waals surface area contributed by atoms with Gasteiger partial charge in [-0.15, -0.1) is 10.2 Å². The molecule has 0 spiro atoms. The fourth-order valence-corrected chi connectivity index (χ4v) is 3.40. The Hall–Kier alpha value is -2.11. The fourth-order valence-electron chi connectivity index (χ4n) is 2.36. The fraction of sp³-hybridized carbons (Fsp3) is 0.167. The van der Waals surface area contributed by atoms with Gasteiger partial charge in [0.25, 0.3) is 0 Å². The van der Waals surface area contributed by atoms with E-state index in [2.05, 4.69) is 10.2 Å². The summed E-state index contributed by atoms with van der Waals surface area (Å²) in [5.41, 5.74) is 2.77. The normalized spacial score (nSPS) is 12.1. The Morgan fingerprint density at radius 3 is 2.58 bits per heavy atom. The van der Waals surface area contributed by atoms with E-state index >= 15 is 0 Å². The predicted molar refractivity (Wildman–Crippen MR) is 97.2 cm³/mol. The summed E-state index contributed by atoms with van der Waals surface area (Å²) in [6, 6.07) is 14.9. The zero-order valence-electron chi connectivity index (χ0n) is 13.3. The number of hydrogen-bond acceptors (Lipinski definition) is 4. The van der Waals surface area contributed by atoms with Gasteiger partial charge in [-0.25, -0.2) is 0 Å². The topological polar surface area (TPSA) is 47.8 Å². The Balaban J connectivity index is 1.82. The molecule has 24 heavy (non-hydrogen) atoms. The first kappa shape index (κ1) is 16.7. The highest BCUT2D eigenvalue weighted by molar-refractivity contribution is 8.00. The third kappa shape index (κ3) is 3.52. The van der Waals surface area contributed by atoms with Gasteiger partial charge >= 0.3 is 0 Å². The van der Waals surface area contributed by atoms with E-state index in [1.807, 2.05) is 42.7 Å². The second-order valence-corrected chi connectivity index (χ2v) is 7.15. The van der Waals surface area contributed by atoms with Crippen molar-refractivity contribution in [2.45, 2.75) is 24.3 Å². The number of nitrogens with zero attached hydrogens (tertiary/aromatic N) is 3. The van der Waals surface area contributed by atoms with Crippen molar-refractivity contribution in [2.24, 2.45) is 0 Å². The van der Waals surface area contributed by atoms with E-state index in [4.69, 9.17) is 11.6 Å². The van der Waals surface area contributed by atoms with Gasteiger partial charge in [0.15, 0.2) is 10.9 Å². The van der Waals surface area contributed by atoms with Crippen LogP contribution in [-0.2, 0) is 0 Å². The van der Waals surface area contributed by atoms with Crippen LogP contribution in [0.1, 0.15) is 22.8 Å². The average Bonchev–Trinajstić information content (AvgIpc) is 3.03. The molecule has 122 valence electrons. The number of thioether (sulfide) groups is 1. The number of ketones is 1. The molecule has 1 heterocycles. The Morgan fingerprint density at radius 2 is 1.88 bits per heavy atom. The molecule has 0 saturated heterocycles. The van der Waals surface area contributed by atoms with Crippen molar-refractivity contribution in [1.29, 1.82) is 0 Å². The van der Waals surface area contributed by atoms with Gasteiger partial charge in [-0.1, -0.05) is 41.6 Å². The highest BCUT2D eigenvalue weighted by Gasteiger charge is 2.20. The average molecular weight is 358 g/mol. The second-order valence-electron chi connectivity index (χ2n) is 5.40. The van der Waals surface area contributed by atoms with Crippen LogP contribution in [0.2, 0.25) is 5.02 Å². The zero-order chi connectivity index (χ0) is 17.1. The van der Waals surface area contributed by atoms with Gasteiger partial charge in [0, 0.05) is 10.6 Å². The minimum absolute atomic E-state index is 0.0380. The molecule has 3 aromatic rings. The van der Waals surface area contributed by atoms with Crippen molar-refractivity contribution in [3.05, 3.63) is 71.0 Å². The SMILES string of the molecule is Cc1ccccc1-n1cnnc1S[C@@H](C)C(=O)c1ccc(Cl)cc1. The summed E-state index contributed by atoms with van der Waals surface area (Å²) >= 11 is 7.27. The lowest BCUT2D eigenvalue weighted by Crippen LogP contribution is -2.14. The number of carbonyl (C=O) groups excluding carboxylic acids is 1. The van der Waals surface area contributed by atoms with Crippen LogP contribution >= 0.6 is 23.4 Å². The molecule has 0 aliphatic rings. The summed E-state index contributed by atoms with van der Waals surface area (Å²) in [6.07, 6.45) is 1.67. The summed E-state index contributed by atoms with van der Waals surface area (Å²) in [5, 5.41) is 9.20. The molecule has 0 fully saturated rings. The van der Waals surface area contributed by atoms with Gasteiger partial charge in [0.2, 0.25) is 0 Å². The van der Waals surface area contributed by atoms with Crippen LogP contribution in [0.5, 0.6) is 0 Å². The van der Waals surface area contributed by atoms with Crippen LogP contribution < -0.4 is 0 Å². The minimum Gasteiger partial charge on any atom is -0.293 e. The highest BCUT2D eigenvalue weighted by atomic mass is 35.5. The van der Waals surface area contributed by atoms with E-state index in [0.717, 1.165) is 11.3 Å². The lowest BCUT2D eigenvalue weighted by molar-refractivity contribution is 0.0994. The van der Waals surface area contributed by atoms with E-state index in [9.17, 15) is 4.79 Å². The second kappa shape index (κ2) is 7.20. The predicted octanol–water partition coefficient (Wildman–Crippen LogP) is 4.59. The van der Waals surface area contributed by atoms with Crippen LogP contribution in [-0.4, -0.2) is 25.8 Å². The molecule has 1 aromatic heterocycles. The first-order valence-corrected chi connectivity index (χ1v) is 8.74. The molecule has 0 aliphatic heterocycles. The van der Waals surface area contributed by atoms with E-state index in [-0.39, 0.29) is 11.0 Å². The van der Waals surface area contributed by atoms with E-state index in [1.54, 1.807) is 30.6 Å². The summed E-state index contributed by atoms with van der Waals surface area (Å²) in [4.78, 5) is 12.6. The molecular formula is C18H16ClN3OS. The van der Waals surface area contributed by atoms with Gasteiger partial charge in [0.1, 0.15) is 6.33 Å². The lowest BCUT2D eigenvalue weighted by Gasteiger charge is -2.12. The van der Waals surface area contributed by atoms with Crippen molar-refractivity contribution in [2.75, 3.05) is 0 Å². The molecule has 0 bridgehead atoms. The number of halogens is 1. The number of hydrogen-bond donors (Lipinski definition) is 0. The number of aromatic nitrogens is 3. The van der Waals surface area contributed by atoms with Crippen LogP contribution in [0.3, 0.4) is 0 Å². The lowest BCUT2D eigenvalue weighted by atomic mass is 10.1. The van der Waals surface area contributed by atoms with Crippen LogP contribution in [0.4, 0.5) is 0 Å². The maximum absolute atomic E-state index is 12.6. The van der Waals surface area contributed by atoms with Gasteiger partial charge in [-0.05, 0) is 49.7 Å². The number of benzene rings is 2. The van der Waals surface area contributed by atoms with Crippen molar-refractivity contribution < 1.29 is 4.79 Å². The van der Waals surface area contributed by atoms with Crippen LogP contribution in [0, 0.1) is 6.92 Å².